The van der Waals surface area contributed by atoms with Crippen LogP contribution < -0.4 is 5.01 Å². The summed E-state index contributed by atoms with van der Waals surface area (Å²) in [5, 5.41) is 14.1. The van der Waals surface area contributed by atoms with Crippen LogP contribution in [0, 0.1) is 0 Å². The number of rotatable bonds is 7. The Morgan fingerprint density at radius 3 is 2.65 bits per heavy atom. The summed E-state index contributed by atoms with van der Waals surface area (Å²) in [6.45, 7) is 5.08. The summed E-state index contributed by atoms with van der Waals surface area (Å²) in [5.74, 6) is 0.660. The van der Waals surface area contributed by atoms with Crippen LogP contribution in [-0.4, -0.2) is 70.5 Å². The minimum Gasteiger partial charge on any atom is -0.395 e. The van der Waals surface area contributed by atoms with Gasteiger partial charge in [0.25, 0.3) is 0 Å². The van der Waals surface area contributed by atoms with Crippen molar-refractivity contribution >= 4 is 11.6 Å². The minimum absolute atomic E-state index is 0.228. The first-order chi connectivity index (χ1) is 16.8. The number of piperidine rings is 1. The number of likely N-dealkylation sites (tertiary alicyclic amines) is 1. The van der Waals surface area contributed by atoms with Crippen molar-refractivity contribution in [2.75, 3.05) is 44.5 Å². The molecule has 0 spiro atoms. The Kier molecular flexibility index (Phi) is 7.46. The molecule has 1 atom stereocenters. The molecule has 1 unspecified atom stereocenters. The van der Waals surface area contributed by atoms with Crippen molar-refractivity contribution in [3.63, 3.8) is 0 Å². The fourth-order valence-corrected chi connectivity index (χ4v) is 4.88. The molecule has 0 saturated carbocycles. The lowest BCUT2D eigenvalue weighted by Crippen LogP contribution is -2.47. The van der Waals surface area contributed by atoms with Crippen LogP contribution in [0.15, 0.2) is 66.9 Å². The molecule has 7 heteroatoms. The first-order valence-corrected chi connectivity index (χ1v) is 12.3. The van der Waals surface area contributed by atoms with Gasteiger partial charge in [0.1, 0.15) is 0 Å². The standard InChI is InChI=1S/C27H33N5O2/c33-21-25-11-4-5-14-30(25)20-22-7-6-8-23(19-22)26-12-13-28-27(29-26)32(24-9-2-1-3-10-24)31-15-17-34-18-16-31/h1-3,6-10,12-13,19,25,33H,4-5,11,14-18,20-21H2. The summed E-state index contributed by atoms with van der Waals surface area (Å²) in [7, 11) is 0. The van der Waals surface area contributed by atoms with E-state index in [-0.39, 0.29) is 12.6 Å². The highest BCUT2D eigenvalue weighted by Gasteiger charge is 2.24. The van der Waals surface area contributed by atoms with Crippen molar-refractivity contribution in [3.8, 4) is 11.3 Å². The van der Waals surface area contributed by atoms with Crippen LogP contribution in [0.1, 0.15) is 24.8 Å². The second-order valence-electron chi connectivity index (χ2n) is 8.96. The molecule has 2 aliphatic heterocycles. The smallest absolute Gasteiger partial charge is 0.245 e. The summed E-state index contributed by atoms with van der Waals surface area (Å²) >= 11 is 0. The molecule has 0 bridgehead atoms. The maximum absolute atomic E-state index is 9.78. The summed E-state index contributed by atoms with van der Waals surface area (Å²) in [4.78, 5) is 12.0. The highest BCUT2D eigenvalue weighted by molar-refractivity contribution is 5.63. The summed E-state index contributed by atoms with van der Waals surface area (Å²) in [6.07, 6.45) is 5.31. The number of morpholine rings is 1. The number of hydrogen-bond acceptors (Lipinski definition) is 7. The Hall–Kier alpha value is -2.84. The molecule has 0 amide bonds. The van der Waals surface area contributed by atoms with E-state index >= 15 is 0 Å². The van der Waals surface area contributed by atoms with Gasteiger partial charge in [-0.2, -0.15) is 0 Å². The molecule has 2 aromatic carbocycles. The predicted molar refractivity (Wildman–Crippen MR) is 134 cm³/mol. The van der Waals surface area contributed by atoms with Crippen LogP contribution in [-0.2, 0) is 11.3 Å². The fourth-order valence-electron chi connectivity index (χ4n) is 4.88. The number of aliphatic hydroxyl groups excluding tert-OH is 1. The van der Waals surface area contributed by atoms with Gasteiger partial charge in [-0.05, 0) is 49.2 Å². The highest BCUT2D eigenvalue weighted by atomic mass is 16.5. The third-order valence-electron chi connectivity index (χ3n) is 6.67. The lowest BCUT2D eigenvalue weighted by molar-refractivity contribution is 0.0371. The van der Waals surface area contributed by atoms with E-state index in [1.807, 2.05) is 30.5 Å². The minimum atomic E-state index is 0.228. The number of aromatic nitrogens is 2. The molecule has 0 radical (unpaired) electrons. The molecule has 3 aromatic rings. The Bertz CT molecular complexity index is 1060. The van der Waals surface area contributed by atoms with E-state index in [0.29, 0.717) is 19.2 Å². The molecule has 3 heterocycles. The molecule has 5 rings (SSSR count). The first-order valence-electron chi connectivity index (χ1n) is 12.3. The van der Waals surface area contributed by atoms with Gasteiger partial charge < -0.3 is 9.84 Å². The average molecular weight is 460 g/mol. The molecule has 2 fully saturated rings. The molecule has 2 saturated heterocycles. The largest absolute Gasteiger partial charge is 0.395 e. The van der Waals surface area contributed by atoms with Gasteiger partial charge in [-0.3, -0.25) is 4.90 Å². The van der Waals surface area contributed by atoms with Crippen LogP contribution in [0.5, 0.6) is 0 Å². The normalized spacial score (nSPS) is 19.7. The monoisotopic (exact) mass is 459 g/mol. The Labute approximate surface area is 201 Å². The van der Waals surface area contributed by atoms with Crippen LogP contribution in [0.2, 0.25) is 0 Å². The topological polar surface area (TPSA) is 65.0 Å². The van der Waals surface area contributed by atoms with Gasteiger partial charge in [0.05, 0.1) is 31.2 Å². The SMILES string of the molecule is OCC1CCCCN1Cc1cccc(-c2ccnc(N(c3ccccc3)N3CCOCC3)n2)c1. The van der Waals surface area contributed by atoms with Gasteiger partial charge >= 0.3 is 0 Å². The fraction of sp³-hybridized carbons (Fsp3) is 0.407. The quantitative estimate of drug-likeness (QED) is 0.575. The summed E-state index contributed by atoms with van der Waals surface area (Å²) < 4.78 is 5.58. The van der Waals surface area contributed by atoms with E-state index in [4.69, 9.17) is 9.72 Å². The second kappa shape index (κ2) is 11.1. The van der Waals surface area contributed by atoms with E-state index < -0.39 is 0 Å². The molecule has 178 valence electrons. The number of hydrazine groups is 1. The lowest BCUT2D eigenvalue weighted by atomic mass is 10.0. The maximum Gasteiger partial charge on any atom is 0.245 e. The number of benzene rings is 2. The van der Waals surface area contributed by atoms with Crippen molar-refractivity contribution < 1.29 is 9.84 Å². The molecule has 34 heavy (non-hydrogen) atoms. The average Bonchev–Trinajstić information content (AvgIpc) is 2.91. The molecular formula is C27H33N5O2. The Morgan fingerprint density at radius 1 is 0.971 bits per heavy atom. The Morgan fingerprint density at radius 2 is 1.82 bits per heavy atom. The second-order valence-corrected chi connectivity index (χ2v) is 8.96. The van der Waals surface area contributed by atoms with Gasteiger partial charge in [0, 0.05) is 37.4 Å². The zero-order chi connectivity index (χ0) is 23.2. The molecular weight excluding hydrogens is 426 g/mol. The zero-order valence-corrected chi connectivity index (χ0v) is 19.6. The maximum atomic E-state index is 9.78. The molecule has 1 N–H and O–H groups in total. The van der Waals surface area contributed by atoms with E-state index in [1.54, 1.807) is 0 Å². The third kappa shape index (κ3) is 5.28. The number of anilines is 2. The molecule has 0 aliphatic carbocycles. The number of ether oxygens (including phenoxy) is 1. The van der Waals surface area contributed by atoms with Crippen molar-refractivity contribution in [1.82, 2.24) is 19.9 Å². The highest BCUT2D eigenvalue weighted by Crippen LogP contribution is 2.28. The van der Waals surface area contributed by atoms with E-state index in [9.17, 15) is 5.11 Å². The molecule has 7 nitrogen and oxygen atoms in total. The number of nitrogens with zero attached hydrogens (tertiary/aromatic N) is 5. The molecule has 2 aliphatic rings. The summed E-state index contributed by atoms with van der Waals surface area (Å²) in [5.41, 5.74) is 4.26. The van der Waals surface area contributed by atoms with Crippen molar-refractivity contribution in [2.24, 2.45) is 0 Å². The molecule has 1 aromatic heterocycles. The van der Waals surface area contributed by atoms with Gasteiger partial charge in [-0.25, -0.2) is 20.0 Å². The van der Waals surface area contributed by atoms with Gasteiger partial charge in [0.2, 0.25) is 5.95 Å². The van der Waals surface area contributed by atoms with Gasteiger partial charge in [-0.1, -0.05) is 42.8 Å². The van der Waals surface area contributed by atoms with E-state index in [0.717, 1.165) is 49.5 Å². The number of hydrogen-bond donors (Lipinski definition) is 1. The Balaban J connectivity index is 1.42. The summed E-state index contributed by atoms with van der Waals surface area (Å²) in [6, 6.07) is 21.1. The third-order valence-corrected chi connectivity index (χ3v) is 6.67. The van der Waals surface area contributed by atoms with E-state index in [1.165, 1.54) is 18.4 Å². The number of para-hydroxylation sites is 1. The van der Waals surface area contributed by atoms with Crippen molar-refractivity contribution in [1.29, 1.82) is 0 Å². The van der Waals surface area contributed by atoms with Gasteiger partial charge in [-0.15, -0.1) is 0 Å². The zero-order valence-electron chi connectivity index (χ0n) is 19.6. The van der Waals surface area contributed by atoms with Gasteiger partial charge in [0.15, 0.2) is 0 Å². The van der Waals surface area contributed by atoms with Crippen LogP contribution in [0.4, 0.5) is 11.6 Å². The van der Waals surface area contributed by atoms with Crippen molar-refractivity contribution in [2.45, 2.75) is 31.8 Å². The predicted octanol–water partition coefficient (Wildman–Crippen LogP) is 3.88. The first kappa shape index (κ1) is 22.9. The van der Waals surface area contributed by atoms with Crippen LogP contribution >= 0.6 is 0 Å². The van der Waals surface area contributed by atoms with Crippen LogP contribution in [0.25, 0.3) is 11.3 Å². The van der Waals surface area contributed by atoms with E-state index in [2.05, 4.69) is 56.3 Å². The van der Waals surface area contributed by atoms with Crippen LogP contribution in [0.3, 0.4) is 0 Å². The van der Waals surface area contributed by atoms with Crippen molar-refractivity contribution in [3.05, 3.63) is 72.4 Å². The lowest BCUT2D eigenvalue weighted by Gasteiger charge is -2.37. The number of aliphatic hydroxyl groups is 1.